The highest BCUT2D eigenvalue weighted by atomic mass is 32.2. The van der Waals surface area contributed by atoms with Gasteiger partial charge in [-0.2, -0.15) is 0 Å². The van der Waals surface area contributed by atoms with Crippen LogP contribution in [0, 0.1) is 5.41 Å². The van der Waals surface area contributed by atoms with Gasteiger partial charge in [0.05, 0.1) is 5.41 Å². The van der Waals surface area contributed by atoms with Gasteiger partial charge in [-0.1, -0.05) is 24.3 Å². The van der Waals surface area contributed by atoms with Crippen LogP contribution in [0.4, 0.5) is 0 Å². The van der Waals surface area contributed by atoms with Crippen molar-refractivity contribution in [3.63, 3.8) is 0 Å². The first-order valence-corrected chi connectivity index (χ1v) is 8.36. The van der Waals surface area contributed by atoms with Crippen LogP contribution in [0.5, 0.6) is 0 Å². The lowest BCUT2D eigenvalue weighted by molar-refractivity contribution is -0.148. The lowest BCUT2D eigenvalue weighted by Gasteiger charge is -2.23. The molecule has 1 aliphatic rings. The zero-order chi connectivity index (χ0) is 14.1. The van der Waals surface area contributed by atoms with Crippen molar-refractivity contribution in [2.45, 2.75) is 25.7 Å². The predicted octanol–water partition coefficient (Wildman–Crippen LogP) is 1.68. The van der Waals surface area contributed by atoms with Crippen molar-refractivity contribution >= 4 is 15.8 Å². The van der Waals surface area contributed by atoms with Gasteiger partial charge in [0.25, 0.3) is 0 Å². The Bertz CT molecular complexity index is 564. The van der Waals surface area contributed by atoms with Crippen LogP contribution >= 0.6 is 0 Å². The van der Waals surface area contributed by atoms with Gasteiger partial charge >= 0.3 is 5.97 Å². The molecule has 1 aromatic rings. The normalized spacial score (nSPS) is 17.1. The van der Waals surface area contributed by atoms with Crippen molar-refractivity contribution in [3.05, 3.63) is 35.4 Å². The van der Waals surface area contributed by atoms with Gasteiger partial charge < -0.3 is 5.11 Å². The van der Waals surface area contributed by atoms with Crippen molar-refractivity contribution in [2.24, 2.45) is 5.41 Å². The average molecular weight is 282 g/mol. The van der Waals surface area contributed by atoms with Crippen LogP contribution < -0.4 is 0 Å². The Morgan fingerprint density at radius 3 is 2.21 bits per heavy atom. The number of aliphatic carboxylic acids is 1. The number of hydrogen-bond acceptors (Lipinski definition) is 3. The Labute approximate surface area is 113 Å². The quantitative estimate of drug-likeness (QED) is 0.892. The minimum Gasteiger partial charge on any atom is -0.481 e. The number of carboxylic acid groups (broad SMARTS) is 1. The molecule has 0 bridgehead atoms. The highest BCUT2D eigenvalue weighted by Crippen LogP contribution is 2.40. The SMILES string of the molecule is CS(=O)(=O)CCCC1(C(=O)O)Cc2ccccc2C1. The Morgan fingerprint density at radius 2 is 1.79 bits per heavy atom. The molecule has 0 aliphatic heterocycles. The van der Waals surface area contributed by atoms with E-state index in [2.05, 4.69) is 0 Å². The van der Waals surface area contributed by atoms with E-state index in [0.717, 1.165) is 11.1 Å². The summed E-state index contributed by atoms with van der Waals surface area (Å²) in [6.07, 6.45) is 3.00. The third-order valence-corrected chi connectivity index (χ3v) is 4.83. The Kier molecular flexibility index (Phi) is 3.67. The van der Waals surface area contributed by atoms with Crippen LogP contribution in [0.15, 0.2) is 24.3 Å². The third-order valence-electron chi connectivity index (χ3n) is 3.80. The topological polar surface area (TPSA) is 71.4 Å². The molecule has 0 unspecified atom stereocenters. The second kappa shape index (κ2) is 4.96. The van der Waals surface area contributed by atoms with E-state index in [9.17, 15) is 18.3 Å². The number of carbonyl (C=O) groups is 1. The Balaban J connectivity index is 2.12. The first-order chi connectivity index (χ1) is 8.82. The fourth-order valence-corrected chi connectivity index (χ4v) is 3.47. The summed E-state index contributed by atoms with van der Waals surface area (Å²) in [6, 6.07) is 7.73. The van der Waals surface area contributed by atoms with E-state index < -0.39 is 21.2 Å². The Hall–Kier alpha value is -1.36. The van der Waals surface area contributed by atoms with Gasteiger partial charge in [0.1, 0.15) is 9.84 Å². The molecule has 0 fully saturated rings. The van der Waals surface area contributed by atoms with Crippen molar-refractivity contribution in [1.29, 1.82) is 0 Å². The molecular weight excluding hydrogens is 264 g/mol. The van der Waals surface area contributed by atoms with E-state index in [1.54, 1.807) is 0 Å². The summed E-state index contributed by atoms with van der Waals surface area (Å²) in [7, 11) is -3.03. The van der Waals surface area contributed by atoms with E-state index >= 15 is 0 Å². The summed E-state index contributed by atoms with van der Waals surface area (Å²) in [6.45, 7) is 0. The standard InChI is InChI=1S/C14H18O4S/c1-19(17,18)8-4-7-14(13(15)16)9-11-5-2-3-6-12(11)10-14/h2-3,5-6H,4,7-10H2,1H3,(H,15,16). The van der Waals surface area contributed by atoms with Crippen molar-refractivity contribution in [1.82, 2.24) is 0 Å². The number of sulfone groups is 1. The van der Waals surface area contributed by atoms with Crippen molar-refractivity contribution in [2.75, 3.05) is 12.0 Å². The molecule has 1 N–H and O–H groups in total. The summed E-state index contributed by atoms with van der Waals surface area (Å²) < 4.78 is 22.3. The first-order valence-electron chi connectivity index (χ1n) is 6.30. The van der Waals surface area contributed by atoms with Crippen molar-refractivity contribution < 1.29 is 18.3 Å². The van der Waals surface area contributed by atoms with Gasteiger partial charge in [0.2, 0.25) is 0 Å². The molecule has 0 saturated heterocycles. The lowest BCUT2D eigenvalue weighted by Crippen LogP contribution is -2.32. The molecule has 104 valence electrons. The van der Waals surface area contributed by atoms with Gasteiger partial charge in [-0.05, 0) is 36.8 Å². The maximum absolute atomic E-state index is 11.6. The molecule has 4 nitrogen and oxygen atoms in total. The molecule has 0 atom stereocenters. The van der Waals surface area contributed by atoms with Crippen LogP contribution in [0.3, 0.4) is 0 Å². The van der Waals surface area contributed by atoms with Crippen LogP contribution in [0.1, 0.15) is 24.0 Å². The number of carboxylic acids is 1. The number of rotatable bonds is 5. The van der Waals surface area contributed by atoms with Gasteiger partial charge in [0.15, 0.2) is 0 Å². The maximum atomic E-state index is 11.6. The van der Waals surface area contributed by atoms with E-state index in [4.69, 9.17) is 0 Å². The van der Waals surface area contributed by atoms with E-state index in [1.165, 1.54) is 6.26 Å². The highest BCUT2D eigenvalue weighted by molar-refractivity contribution is 7.90. The van der Waals surface area contributed by atoms with Crippen LogP contribution in [0.2, 0.25) is 0 Å². The van der Waals surface area contributed by atoms with E-state index in [-0.39, 0.29) is 5.75 Å². The van der Waals surface area contributed by atoms with Gasteiger partial charge in [-0.25, -0.2) is 8.42 Å². The molecule has 0 amide bonds. The molecule has 0 aromatic heterocycles. The molecule has 19 heavy (non-hydrogen) atoms. The fourth-order valence-electron chi connectivity index (χ4n) is 2.80. The maximum Gasteiger partial charge on any atom is 0.310 e. The molecule has 1 aliphatic carbocycles. The number of hydrogen-bond donors (Lipinski definition) is 1. The van der Waals surface area contributed by atoms with Crippen LogP contribution in [0.25, 0.3) is 0 Å². The summed E-state index contributed by atoms with van der Waals surface area (Å²) in [5, 5.41) is 9.52. The highest BCUT2D eigenvalue weighted by Gasteiger charge is 2.43. The molecule has 0 spiro atoms. The van der Waals surface area contributed by atoms with Crippen LogP contribution in [-0.2, 0) is 27.5 Å². The summed E-state index contributed by atoms with van der Waals surface area (Å²) in [5.41, 5.74) is 1.32. The lowest BCUT2D eigenvalue weighted by atomic mass is 9.80. The van der Waals surface area contributed by atoms with Gasteiger partial charge in [0, 0.05) is 12.0 Å². The molecule has 2 rings (SSSR count). The molecule has 0 heterocycles. The fraction of sp³-hybridized carbons (Fsp3) is 0.500. The molecule has 1 aromatic carbocycles. The first kappa shape index (κ1) is 14.1. The molecule has 0 saturated carbocycles. The summed E-state index contributed by atoms with van der Waals surface area (Å²) >= 11 is 0. The zero-order valence-corrected chi connectivity index (χ0v) is 11.7. The molecular formula is C14H18O4S. The largest absolute Gasteiger partial charge is 0.481 e. The van der Waals surface area contributed by atoms with Gasteiger partial charge in [-0.3, -0.25) is 4.79 Å². The third kappa shape index (κ3) is 3.15. The van der Waals surface area contributed by atoms with E-state index in [1.807, 2.05) is 24.3 Å². The zero-order valence-electron chi connectivity index (χ0n) is 10.9. The van der Waals surface area contributed by atoms with E-state index in [0.29, 0.717) is 25.7 Å². The monoisotopic (exact) mass is 282 g/mol. The average Bonchev–Trinajstić information content (AvgIpc) is 2.66. The predicted molar refractivity (Wildman–Crippen MR) is 72.9 cm³/mol. The number of fused-ring (bicyclic) bond motifs is 1. The molecule has 5 heteroatoms. The minimum absolute atomic E-state index is 0.0539. The Morgan fingerprint density at radius 1 is 1.26 bits per heavy atom. The summed E-state index contributed by atoms with van der Waals surface area (Å²) in [4.78, 5) is 11.6. The summed E-state index contributed by atoms with van der Waals surface area (Å²) in [5.74, 6) is -0.768. The molecule has 0 radical (unpaired) electrons. The van der Waals surface area contributed by atoms with Gasteiger partial charge in [-0.15, -0.1) is 0 Å². The second-order valence-electron chi connectivity index (χ2n) is 5.44. The minimum atomic E-state index is -3.03. The van der Waals surface area contributed by atoms with Crippen molar-refractivity contribution in [3.8, 4) is 0 Å². The smallest absolute Gasteiger partial charge is 0.310 e. The number of benzene rings is 1. The second-order valence-corrected chi connectivity index (χ2v) is 7.70. The van der Waals surface area contributed by atoms with Crippen LogP contribution in [-0.4, -0.2) is 31.5 Å².